The molecular formula is C46H56N4O5S. The summed E-state index contributed by atoms with van der Waals surface area (Å²) in [6.07, 6.45) is 7.98. The van der Waals surface area contributed by atoms with E-state index in [4.69, 9.17) is 4.74 Å². The minimum atomic E-state index is -1.03. The predicted molar refractivity (Wildman–Crippen MR) is 229 cm³/mol. The van der Waals surface area contributed by atoms with Crippen molar-refractivity contribution in [2.24, 2.45) is 9.98 Å². The summed E-state index contributed by atoms with van der Waals surface area (Å²) in [5, 5.41) is 15.5. The van der Waals surface area contributed by atoms with E-state index in [2.05, 4.69) is 55.0 Å². The summed E-state index contributed by atoms with van der Waals surface area (Å²) in [6.45, 7) is 14.9. The monoisotopic (exact) mass is 776 g/mol. The highest BCUT2D eigenvalue weighted by Gasteiger charge is 2.27. The Kier molecular flexibility index (Phi) is 16.8. The van der Waals surface area contributed by atoms with Crippen molar-refractivity contribution in [2.75, 3.05) is 6.61 Å². The van der Waals surface area contributed by atoms with Gasteiger partial charge < -0.3 is 20.5 Å². The highest BCUT2D eigenvalue weighted by atomic mass is 32.1. The van der Waals surface area contributed by atoms with E-state index in [0.717, 1.165) is 44.9 Å². The number of rotatable bonds is 20. The molecule has 0 spiro atoms. The smallest absolute Gasteiger partial charge is 0.305 e. The topological polar surface area (TPSA) is 129 Å². The third-order valence-electron chi connectivity index (χ3n) is 9.29. The number of aliphatic imine (C=N–C) groups is 2. The van der Waals surface area contributed by atoms with E-state index in [1.54, 1.807) is 12.3 Å². The molecule has 0 aliphatic carbocycles. The molecule has 3 aromatic carbocycles. The first kappa shape index (κ1) is 43.4. The van der Waals surface area contributed by atoms with Crippen LogP contribution in [0.5, 0.6) is 5.75 Å². The summed E-state index contributed by atoms with van der Waals surface area (Å²) in [5.41, 5.74) is 4.25. The summed E-state index contributed by atoms with van der Waals surface area (Å²) >= 11 is 1.39. The number of hydrogen-bond donors (Lipinski definition) is 3. The first-order chi connectivity index (χ1) is 26.9. The van der Waals surface area contributed by atoms with Crippen molar-refractivity contribution in [3.05, 3.63) is 129 Å². The Morgan fingerprint density at radius 2 is 1.50 bits per heavy atom. The van der Waals surface area contributed by atoms with Crippen LogP contribution in [0, 0.1) is 0 Å². The van der Waals surface area contributed by atoms with E-state index < -0.39 is 24.0 Å². The van der Waals surface area contributed by atoms with E-state index >= 15 is 0 Å². The van der Waals surface area contributed by atoms with Gasteiger partial charge in [0.05, 0.1) is 17.9 Å². The molecule has 4 aromatic rings. The Balaban J connectivity index is 1.48. The van der Waals surface area contributed by atoms with Crippen LogP contribution in [-0.4, -0.2) is 54.1 Å². The molecule has 0 fully saturated rings. The number of carbonyl (C=O) groups excluding carboxylic acids is 2. The second-order valence-electron chi connectivity index (χ2n) is 15.0. The van der Waals surface area contributed by atoms with Crippen LogP contribution in [0.4, 0.5) is 0 Å². The third-order valence-corrected chi connectivity index (χ3v) is 10.8. The van der Waals surface area contributed by atoms with Gasteiger partial charge in [-0.2, -0.15) is 0 Å². The number of carboxylic acids is 1. The summed E-state index contributed by atoms with van der Waals surface area (Å²) in [4.78, 5) is 49.5. The second kappa shape index (κ2) is 21.7. The number of amidine groups is 1. The van der Waals surface area contributed by atoms with Crippen molar-refractivity contribution in [3.63, 3.8) is 0 Å². The fourth-order valence-electron chi connectivity index (χ4n) is 6.06. The van der Waals surface area contributed by atoms with Crippen LogP contribution < -0.4 is 15.4 Å². The number of nitrogens with zero attached hydrogens (tertiary/aromatic N) is 2. The lowest BCUT2D eigenvalue weighted by Gasteiger charge is -2.23. The standard InChI is InChI=1S/C46H56N4O5S/c1-7-8-9-10-14-27-55-38-23-21-35(22-24-38)32(2)31-48-43(47-6)36-19-17-34(18-20-36)29-39(50-45(54)40-25-26-41(56-40)46(3,4)5)44(53)49-37(30-42(51)52)28-33-15-12-11-13-16-33/h11-13,15-26,31,37,39H,6-10,14,27-30H2,1-5H3,(H,49,53)(H,50,54)(H,51,52)/b32-31+,48-43?/t37-,39-/m0/s1. The van der Waals surface area contributed by atoms with Crippen LogP contribution >= 0.6 is 11.3 Å². The molecule has 0 saturated carbocycles. The number of unbranched alkanes of at least 4 members (excludes halogenated alkanes) is 4. The van der Waals surface area contributed by atoms with Crippen molar-refractivity contribution in [1.29, 1.82) is 0 Å². The predicted octanol–water partition coefficient (Wildman–Crippen LogP) is 9.45. The average Bonchev–Trinajstić information content (AvgIpc) is 3.69. The van der Waals surface area contributed by atoms with Crippen LogP contribution in [0.25, 0.3) is 5.57 Å². The van der Waals surface area contributed by atoms with Gasteiger partial charge in [0.25, 0.3) is 5.91 Å². The molecule has 0 aliphatic heterocycles. The van der Waals surface area contributed by atoms with Crippen LogP contribution in [0.2, 0.25) is 0 Å². The number of thiophene rings is 1. The van der Waals surface area contributed by atoms with Crippen molar-refractivity contribution < 1.29 is 24.2 Å². The van der Waals surface area contributed by atoms with Gasteiger partial charge in [-0.25, -0.2) is 9.98 Å². The molecule has 2 atom stereocenters. The number of benzene rings is 3. The number of carboxylic acid groups (broad SMARTS) is 1. The number of ether oxygens (including phenoxy) is 1. The second-order valence-corrected chi connectivity index (χ2v) is 16.1. The van der Waals surface area contributed by atoms with Crippen molar-refractivity contribution in [2.45, 2.75) is 103 Å². The van der Waals surface area contributed by atoms with Crippen LogP contribution in [0.1, 0.15) is 110 Å². The van der Waals surface area contributed by atoms with E-state index in [1.807, 2.05) is 91.9 Å². The van der Waals surface area contributed by atoms with Gasteiger partial charge in [-0.15, -0.1) is 11.3 Å². The molecule has 0 unspecified atom stereocenters. The molecule has 0 saturated heterocycles. The van der Waals surface area contributed by atoms with Gasteiger partial charge in [0.15, 0.2) is 5.84 Å². The summed E-state index contributed by atoms with van der Waals surface area (Å²) in [7, 11) is 0. The molecule has 56 heavy (non-hydrogen) atoms. The fourth-order valence-corrected chi connectivity index (χ4v) is 7.03. The van der Waals surface area contributed by atoms with Crippen molar-refractivity contribution in [1.82, 2.24) is 10.6 Å². The van der Waals surface area contributed by atoms with E-state index in [1.165, 1.54) is 37.0 Å². The number of amides is 2. The molecule has 3 N–H and O–H groups in total. The molecule has 4 rings (SSSR count). The third kappa shape index (κ3) is 14.1. The van der Waals surface area contributed by atoms with Crippen LogP contribution in [0.15, 0.2) is 107 Å². The Morgan fingerprint density at radius 3 is 2.12 bits per heavy atom. The largest absolute Gasteiger partial charge is 0.494 e. The quantitative estimate of drug-likeness (QED) is 0.0468. The van der Waals surface area contributed by atoms with Crippen LogP contribution in [-0.2, 0) is 27.8 Å². The average molecular weight is 777 g/mol. The lowest BCUT2D eigenvalue weighted by atomic mass is 9.95. The van der Waals surface area contributed by atoms with Gasteiger partial charge in [0.2, 0.25) is 5.91 Å². The Morgan fingerprint density at radius 1 is 0.839 bits per heavy atom. The fraction of sp³-hybridized carbons (Fsp3) is 0.370. The number of aliphatic carboxylic acids is 1. The molecule has 9 nitrogen and oxygen atoms in total. The van der Waals surface area contributed by atoms with Gasteiger partial charge in [-0.3, -0.25) is 14.4 Å². The zero-order valence-electron chi connectivity index (χ0n) is 33.3. The van der Waals surface area contributed by atoms with Crippen molar-refractivity contribution in [3.8, 4) is 5.75 Å². The highest BCUT2D eigenvalue weighted by molar-refractivity contribution is 7.14. The summed E-state index contributed by atoms with van der Waals surface area (Å²) in [5.74, 6) is -0.573. The molecule has 1 aromatic heterocycles. The Bertz CT molecular complexity index is 1940. The minimum absolute atomic E-state index is 0.131. The molecule has 10 heteroatoms. The number of nitrogens with one attached hydrogen (secondary N) is 2. The summed E-state index contributed by atoms with van der Waals surface area (Å²) < 4.78 is 5.91. The lowest BCUT2D eigenvalue weighted by Crippen LogP contribution is -2.51. The van der Waals surface area contributed by atoms with E-state index in [0.29, 0.717) is 23.7 Å². The minimum Gasteiger partial charge on any atom is -0.494 e. The first-order valence-corrected chi connectivity index (χ1v) is 20.2. The van der Waals surface area contributed by atoms with Gasteiger partial charge in [-0.05, 0) is 78.4 Å². The van der Waals surface area contributed by atoms with Crippen LogP contribution in [0.3, 0.4) is 0 Å². The zero-order valence-corrected chi connectivity index (χ0v) is 34.2. The molecular weight excluding hydrogens is 721 g/mol. The normalized spacial score (nSPS) is 13.1. The molecule has 2 amide bonds. The number of hydrogen-bond acceptors (Lipinski definition) is 6. The van der Waals surface area contributed by atoms with E-state index in [-0.39, 0.29) is 24.2 Å². The zero-order chi connectivity index (χ0) is 40.5. The molecule has 1 heterocycles. The molecule has 296 valence electrons. The Hall–Kier alpha value is -5.35. The Labute approximate surface area is 336 Å². The maximum Gasteiger partial charge on any atom is 0.305 e. The molecule has 0 radical (unpaired) electrons. The number of allylic oxidation sites excluding steroid dienone is 1. The molecule has 0 aliphatic rings. The van der Waals surface area contributed by atoms with E-state index in [9.17, 15) is 19.5 Å². The van der Waals surface area contributed by atoms with Gasteiger partial charge >= 0.3 is 5.97 Å². The van der Waals surface area contributed by atoms with Gasteiger partial charge in [-0.1, -0.05) is 120 Å². The number of carbonyl (C=O) groups is 3. The maximum atomic E-state index is 13.9. The SMILES string of the molecule is C=NC(=N/C=C(\C)c1ccc(OCCCCCCC)cc1)c1ccc(C[C@H](NC(=O)c2ccc(C(C)(C)C)s2)C(=O)N[C@H](CC(=O)O)Cc2ccccc2)cc1. The van der Waals surface area contributed by atoms with Gasteiger partial charge in [0, 0.05) is 29.1 Å². The maximum absolute atomic E-state index is 13.9. The molecule has 0 bridgehead atoms. The van der Waals surface area contributed by atoms with Crippen molar-refractivity contribution >= 4 is 47.2 Å². The lowest BCUT2D eigenvalue weighted by molar-refractivity contribution is -0.137. The highest BCUT2D eigenvalue weighted by Crippen LogP contribution is 2.29. The summed E-state index contributed by atoms with van der Waals surface area (Å²) in [6, 6.07) is 26.9. The first-order valence-electron chi connectivity index (χ1n) is 19.4. The van der Waals surface area contributed by atoms with Gasteiger partial charge in [0.1, 0.15) is 11.8 Å².